The van der Waals surface area contributed by atoms with Crippen LogP contribution in [-0.2, 0) is 0 Å². The van der Waals surface area contributed by atoms with Crippen molar-refractivity contribution in [3.05, 3.63) is 156 Å². The van der Waals surface area contributed by atoms with E-state index in [1.165, 1.54) is 77.2 Å². The first-order valence-electron chi connectivity index (χ1n) is 15.9. The van der Waals surface area contributed by atoms with Crippen molar-refractivity contribution in [1.29, 1.82) is 0 Å². The fourth-order valence-electron chi connectivity index (χ4n) is 7.24. The first kappa shape index (κ1) is 27.2. The maximum absolute atomic E-state index is 3.87. The molecule has 8 aromatic rings. The SMILES string of the molecule is CC1C=CC(n2c3ccccc3c3ccc(-c4cc(Br)cc(-c5ccc6c7ccccc7n(-c7ccccc7)c6c5)c4)cc32)=CC1. The van der Waals surface area contributed by atoms with Crippen LogP contribution in [0.25, 0.3) is 77.2 Å². The molecule has 1 aliphatic rings. The van der Waals surface area contributed by atoms with E-state index in [0.717, 1.165) is 10.9 Å². The highest BCUT2D eigenvalue weighted by atomic mass is 79.9. The minimum absolute atomic E-state index is 0.570. The Morgan fingerprint density at radius 3 is 1.67 bits per heavy atom. The molecule has 0 aliphatic heterocycles. The predicted octanol–water partition coefficient (Wildman–Crippen LogP) is 12.4. The molecule has 46 heavy (non-hydrogen) atoms. The van der Waals surface area contributed by atoms with Crippen LogP contribution < -0.4 is 0 Å². The van der Waals surface area contributed by atoms with Crippen LogP contribution in [0, 0.1) is 5.92 Å². The average Bonchev–Trinajstić information content (AvgIpc) is 3.61. The van der Waals surface area contributed by atoms with Crippen LogP contribution in [0.15, 0.2) is 156 Å². The van der Waals surface area contributed by atoms with Crippen molar-refractivity contribution in [2.75, 3.05) is 0 Å². The summed E-state index contributed by atoms with van der Waals surface area (Å²) in [5.41, 5.74) is 12.1. The highest BCUT2D eigenvalue weighted by molar-refractivity contribution is 9.10. The molecule has 0 N–H and O–H groups in total. The molecule has 0 spiro atoms. The fourth-order valence-corrected chi connectivity index (χ4v) is 7.73. The molecule has 1 aliphatic carbocycles. The van der Waals surface area contributed by atoms with E-state index in [1.54, 1.807) is 0 Å². The van der Waals surface area contributed by atoms with Gasteiger partial charge in [0.15, 0.2) is 0 Å². The summed E-state index contributed by atoms with van der Waals surface area (Å²) in [6, 6.07) is 48.7. The molecule has 3 heteroatoms. The molecule has 1 unspecified atom stereocenters. The lowest BCUT2D eigenvalue weighted by Crippen LogP contribution is -2.00. The van der Waals surface area contributed by atoms with Crippen molar-refractivity contribution in [1.82, 2.24) is 9.13 Å². The van der Waals surface area contributed by atoms with E-state index in [-0.39, 0.29) is 0 Å². The molecule has 2 heterocycles. The van der Waals surface area contributed by atoms with Crippen LogP contribution in [0.3, 0.4) is 0 Å². The Morgan fingerprint density at radius 2 is 1.07 bits per heavy atom. The Balaban J connectivity index is 1.21. The van der Waals surface area contributed by atoms with Crippen molar-refractivity contribution in [3.8, 4) is 27.9 Å². The number of fused-ring (bicyclic) bond motifs is 6. The van der Waals surface area contributed by atoms with E-state index >= 15 is 0 Å². The Morgan fingerprint density at radius 1 is 0.522 bits per heavy atom. The predicted molar refractivity (Wildman–Crippen MR) is 200 cm³/mol. The molecule has 220 valence electrons. The van der Waals surface area contributed by atoms with Crippen LogP contribution in [-0.4, -0.2) is 9.13 Å². The van der Waals surface area contributed by atoms with Gasteiger partial charge in [-0.05, 0) is 95.3 Å². The van der Waals surface area contributed by atoms with Gasteiger partial charge in [0.05, 0.1) is 22.1 Å². The average molecular weight is 656 g/mol. The number of para-hydroxylation sites is 3. The molecule has 0 fully saturated rings. The molecular formula is C43H31BrN2. The van der Waals surface area contributed by atoms with Gasteiger partial charge in [0.1, 0.15) is 0 Å². The van der Waals surface area contributed by atoms with Crippen molar-refractivity contribution >= 4 is 65.2 Å². The van der Waals surface area contributed by atoms with Gasteiger partial charge in [0.25, 0.3) is 0 Å². The zero-order valence-electron chi connectivity index (χ0n) is 25.5. The first-order valence-corrected chi connectivity index (χ1v) is 16.7. The molecule has 2 nitrogen and oxygen atoms in total. The normalized spacial score (nSPS) is 14.9. The summed E-state index contributed by atoms with van der Waals surface area (Å²) in [5, 5.41) is 5.09. The Hall–Kier alpha value is -5.12. The lowest BCUT2D eigenvalue weighted by atomic mass is 9.97. The zero-order chi connectivity index (χ0) is 30.8. The second-order valence-corrected chi connectivity index (χ2v) is 13.3. The van der Waals surface area contributed by atoms with Crippen LogP contribution in [0.1, 0.15) is 13.3 Å². The molecule has 0 saturated heterocycles. The number of halogens is 1. The first-order chi connectivity index (χ1) is 22.6. The van der Waals surface area contributed by atoms with Gasteiger partial charge in [-0.25, -0.2) is 0 Å². The fraction of sp³-hybridized carbons (Fsp3) is 0.0698. The molecular weight excluding hydrogens is 624 g/mol. The van der Waals surface area contributed by atoms with Gasteiger partial charge in [0, 0.05) is 37.4 Å². The molecule has 0 amide bonds. The summed E-state index contributed by atoms with van der Waals surface area (Å²) in [4.78, 5) is 0. The van der Waals surface area contributed by atoms with Gasteiger partial charge in [-0.2, -0.15) is 0 Å². The minimum atomic E-state index is 0.570. The van der Waals surface area contributed by atoms with E-state index in [2.05, 4.69) is 184 Å². The maximum atomic E-state index is 3.87. The highest BCUT2D eigenvalue weighted by Crippen LogP contribution is 2.39. The van der Waals surface area contributed by atoms with Crippen LogP contribution >= 0.6 is 15.9 Å². The van der Waals surface area contributed by atoms with Crippen molar-refractivity contribution in [2.24, 2.45) is 5.92 Å². The van der Waals surface area contributed by atoms with Crippen molar-refractivity contribution in [2.45, 2.75) is 13.3 Å². The quantitative estimate of drug-likeness (QED) is 0.179. The second kappa shape index (κ2) is 10.8. The number of benzene rings is 6. The van der Waals surface area contributed by atoms with Gasteiger partial charge in [-0.1, -0.05) is 114 Å². The molecule has 9 rings (SSSR count). The molecule has 1 atom stereocenters. The van der Waals surface area contributed by atoms with E-state index < -0.39 is 0 Å². The van der Waals surface area contributed by atoms with Gasteiger partial charge >= 0.3 is 0 Å². The Kier molecular flexibility index (Phi) is 6.36. The number of hydrogen-bond donors (Lipinski definition) is 0. The van der Waals surface area contributed by atoms with Crippen LogP contribution in [0.4, 0.5) is 0 Å². The van der Waals surface area contributed by atoms with Gasteiger partial charge < -0.3 is 9.13 Å². The number of aromatic nitrogens is 2. The summed E-state index contributed by atoms with van der Waals surface area (Å²) in [6.07, 6.45) is 8.05. The Labute approximate surface area is 276 Å². The minimum Gasteiger partial charge on any atom is -0.310 e. The molecule has 2 aromatic heterocycles. The topological polar surface area (TPSA) is 9.86 Å². The van der Waals surface area contributed by atoms with Gasteiger partial charge in [-0.3, -0.25) is 0 Å². The zero-order valence-corrected chi connectivity index (χ0v) is 27.1. The van der Waals surface area contributed by atoms with Crippen molar-refractivity contribution < 1.29 is 0 Å². The third-order valence-corrected chi connectivity index (χ3v) is 9.94. The third kappa shape index (κ3) is 4.38. The molecule has 0 bridgehead atoms. The largest absolute Gasteiger partial charge is 0.310 e. The molecule has 6 aromatic carbocycles. The van der Waals surface area contributed by atoms with Gasteiger partial charge in [0.2, 0.25) is 0 Å². The summed E-state index contributed by atoms with van der Waals surface area (Å²) >= 11 is 3.87. The van der Waals surface area contributed by atoms with E-state index in [9.17, 15) is 0 Å². The number of rotatable bonds is 4. The summed E-state index contributed by atoms with van der Waals surface area (Å²) in [6.45, 7) is 2.28. The standard InChI is InChI=1S/C43H31BrN2/c1-28-15-19-35(20-16-28)46-41-14-8-6-12-37(41)39-22-18-30(27-43(39)46)32-23-31(24-33(44)25-32)29-17-21-38-36-11-5-7-13-40(36)45(42(38)26-29)34-9-3-2-4-10-34/h2-15,17-28H,16H2,1H3. The maximum Gasteiger partial charge on any atom is 0.0547 e. The second-order valence-electron chi connectivity index (χ2n) is 12.4. The molecule has 0 radical (unpaired) electrons. The summed E-state index contributed by atoms with van der Waals surface area (Å²) in [5.74, 6) is 0.570. The van der Waals surface area contributed by atoms with E-state index in [1.807, 2.05) is 0 Å². The lowest BCUT2D eigenvalue weighted by molar-refractivity contribution is 0.735. The lowest BCUT2D eigenvalue weighted by Gasteiger charge is -2.15. The Bertz CT molecular complexity index is 2530. The third-order valence-electron chi connectivity index (χ3n) is 9.48. The van der Waals surface area contributed by atoms with Crippen LogP contribution in [0.5, 0.6) is 0 Å². The van der Waals surface area contributed by atoms with Crippen LogP contribution in [0.2, 0.25) is 0 Å². The van der Waals surface area contributed by atoms with Gasteiger partial charge in [-0.15, -0.1) is 0 Å². The number of nitrogens with zero attached hydrogens (tertiary/aromatic N) is 2. The van der Waals surface area contributed by atoms with E-state index in [0.29, 0.717) is 5.92 Å². The monoisotopic (exact) mass is 654 g/mol. The van der Waals surface area contributed by atoms with E-state index in [4.69, 9.17) is 0 Å². The molecule has 0 saturated carbocycles. The number of hydrogen-bond acceptors (Lipinski definition) is 0. The highest BCUT2D eigenvalue weighted by Gasteiger charge is 2.17. The summed E-state index contributed by atoms with van der Waals surface area (Å²) in [7, 11) is 0. The summed E-state index contributed by atoms with van der Waals surface area (Å²) < 4.78 is 5.89. The number of allylic oxidation sites excluding steroid dienone is 4. The smallest absolute Gasteiger partial charge is 0.0547 e. The van der Waals surface area contributed by atoms with Crippen molar-refractivity contribution in [3.63, 3.8) is 0 Å².